The number of ether oxygens (including phenoxy) is 1. The van der Waals surface area contributed by atoms with E-state index in [9.17, 15) is 9.90 Å². The quantitative estimate of drug-likeness (QED) is 0.541. The highest BCUT2D eigenvalue weighted by molar-refractivity contribution is 5.69. The lowest BCUT2D eigenvalue weighted by Crippen LogP contribution is -2.51. The molecule has 7 unspecified atom stereocenters. The standard InChI is InChI=1S/C24H38O3/c1-22(26)13-14-24(3)17(15-22)5-8-18-19-9-6-16(7-10-21(25)27-4)23(19,2)12-11-20(18)24/h5,16,18-20,26H,6-15H2,1-4H3. The topological polar surface area (TPSA) is 46.5 Å². The van der Waals surface area contributed by atoms with Gasteiger partial charge in [-0.15, -0.1) is 0 Å². The second kappa shape index (κ2) is 6.61. The van der Waals surface area contributed by atoms with E-state index >= 15 is 0 Å². The molecule has 0 aromatic carbocycles. The van der Waals surface area contributed by atoms with Crippen LogP contribution in [0.15, 0.2) is 11.6 Å². The van der Waals surface area contributed by atoms with Crippen LogP contribution in [0.25, 0.3) is 0 Å². The highest BCUT2D eigenvalue weighted by atomic mass is 16.5. The molecule has 0 bridgehead atoms. The van der Waals surface area contributed by atoms with Crippen molar-refractivity contribution in [2.75, 3.05) is 7.11 Å². The minimum atomic E-state index is -0.506. The van der Waals surface area contributed by atoms with E-state index < -0.39 is 5.60 Å². The summed E-state index contributed by atoms with van der Waals surface area (Å²) >= 11 is 0. The molecule has 4 rings (SSSR count). The molecule has 0 heterocycles. The average Bonchev–Trinajstić information content (AvgIpc) is 2.96. The fourth-order valence-corrected chi connectivity index (χ4v) is 7.78. The molecule has 0 spiro atoms. The molecule has 152 valence electrons. The first-order valence-electron chi connectivity index (χ1n) is 11.2. The van der Waals surface area contributed by atoms with Gasteiger partial charge in [0.1, 0.15) is 0 Å². The molecule has 7 atom stereocenters. The molecule has 0 amide bonds. The highest BCUT2D eigenvalue weighted by Crippen LogP contribution is 2.67. The van der Waals surface area contributed by atoms with Crippen LogP contribution >= 0.6 is 0 Å². The van der Waals surface area contributed by atoms with Gasteiger partial charge in [-0.3, -0.25) is 4.79 Å². The number of aliphatic hydroxyl groups is 1. The fourth-order valence-electron chi connectivity index (χ4n) is 7.78. The second-order valence-corrected chi connectivity index (χ2v) is 10.9. The Balaban J connectivity index is 1.54. The Morgan fingerprint density at radius 2 is 1.93 bits per heavy atom. The summed E-state index contributed by atoms with van der Waals surface area (Å²) < 4.78 is 4.89. The van der Waals surface area contributed by atoms with Crippen molar-refractivity contribution in [3.05, 3.63) is 11.6 Å². The van der Waals surface area contributed by atoms with Crippen molar-refractivity contribution in [3.63, 3.8) is 0 Å². The maximum atomic E-state index is 11.7. The monoisotopic (exact) mass is 374 g/mol. The van der Waals surface area contributed by atoms with Crippen molar-refractivity contribution in [1.29, 1.82) is 0 Å². The van der Waals surface area contributed by atoms with E-state index in [-0.39, 0.29) is 5.97 Å². The van der Waals surface area contributed by atoms with Crippen LogP contribution in [0.1, 0.15) is 85.0 Å². The van der Waals surface area contributed by atoms with Crippen molar-refractivity contribution in [2.45, 2.75) is 90.6 Å². The number of carbonyl (C=O) groups is 1. The number of esters is 1. The maximum Gasteiger partial charge on any atom is 0.305 e. The Morgan fingerprint density at radius 1 is 1.15 bits per heavy atom. The third-order valence-corrected chi connectivity index (χ3v) is 9.50. The van der Waals surface area contributed by atoms with Gasteiger partial charge < -0.3 is 9.84 Å². The van der Waals surface area contributed by atoms with E-state index in [0.29, 0.717) is 23.2 Å². The number of rotatable bonds is 3. The zero-order valence-electron chi connectivity index (χ0n) is 17.7. The molecule has 0 aromatic rings. The van der Waals surface area contributed by atoms with Gasteiger partial charge in [-0.05, 0) is 99.2 Å². The number of methoxy groups -OCH3 is 1. The molecule has 3 saturated carbocycles. The van der Waals surface area contributed by atoms with Gasteiger partial charge in [0.15, 0.2) is 0 Å². The van der Waals surface area contributed by atoms with Gasteiger partial charge in [-0.2, -0.15) is 0 Å². The smallest absolute Gasteiger partial charge is 0.305 e. The molecule has 3 fully saturated rings. The predicted octanol–water partition coefficient (Wildman–Crippen LogP) is 5.27. The van der Waals surface area contributed by atoms with Crippen LogP contribution in [0.5, 0.6) is 0 Å². The van der Waals surface area contributed by atoms with Crippen molar-refractivity contribution >= 4 is 5.97 Å². The first-order chi connectivity index (χ1) is 12.7. The van der Waals surface area contributed by atoms with Gasteiger partial charge in [0, 0.05) is 6.42 Å². The summed E-state index contributed by atoms with van der Waals surface area (Å²) in [5.41, 5.74) is 1.74. The Morgan fingerprint density at radius 3 is 2.67 bits per heavy atom. The van der Waals surface area contributed by atoms with Crippen LogP contribution in [0.3, 0.4) is 0 Å². The molecule has 4 aliphatic rings. The molecule has 0 radical (unpaired) electrons. The Hall–Kier alpha value is -0.830. The van der Waals surface area contributed by atoms with Crippen LogP contribution in [0.4, 0.5) is 0 Å². The van der Waals surface area contributed by atoms with E-state index in [1.807, 2.05) is 6.92 Å². The van der Waals surface area contributed by atoms with Gasteiger partial charge in [0.25, 0.3) is 0 Å². The average molecular weight is 375 g/mol. The lowest BCUT2D eigenvalue weighted by atomic mass is 9.46. The van der Waals surface area contributed by atoms with E-state index in [0.717, 1.165) is 43.4 Å². The van der Waals surface area contributed by atoms with Gasteiger partial charge in [0.2, 0.25) is 0 Å². The fraction of sp³-hybridized carbons (Fsp3) is 0.875. The molecule has 3 heteroatoms. The van der Waals surface area contributed by atoms with Crippen LogP contribution in [-0.2, 0) is 9.53 Å². The highest BCUT2D eigenvalue weighted by Gasteiger charge is 2.58. The summed E-state index contributed by atoms with van der Waals surface area (Å²) in [4.78, 5) is 11.7. The largest absolute Gasteiger partial charge is 0.469 e. The molecule has 4 aliphatic carbocycles. The van der Waals surface area contributed by atoms with Crippen LogP contribution < -0.4 is 0 Å². The first-order valence-corrected chi connectivity index (χ1v) is 11.2. The van der Waals surface area contributed by atoms with E-state index in [2.05, 4.69) is 19.9 Å². The zero-order chi connectivity index (χ0) is 19.4. The number of fused-ring (bicyclic) bond motifs is 5. The van der Waals surface area contributed by atoms with Gasteiger partial charge in [-0.25, -0.2) is 0 Å². The lowest BCUT2D eigenvalue weighted by molar-refractivity contribution is -0.141. The van der Waals surface area contributed by atoms with Crippen molar-refractivity contribution in [1.82, 2.24) is 0 Å². The number of allylic oxidation sites excluding steroid dienone is 1. The summed E-state index contributed by atoms with van der Waals surface area (Å²) in [5, 5.41) is 10.6. The maximum absolute atomic E-state index is 11.7. The minimum Gasteiger partial charge on any atom is -0.469 e. The van der Waals surface area contributed by atoms with Crippen LogP contribution in [0.2, 0.25) is 0 Å². The first kappa shape index (κ1) is 19.5. The molecule has 0 aliphatic heterocycles. The molecule has 27 heavy (non-hydrogen) atoms. The summed E-state index contributed by atoms with van der Waals surface area (Å²) in [6.45, 7) is 7.04. The third kappa shape index (κ3) is 3.09. The molecule has 0 aromatic heterocycles. The summed E-state index contributed by atoms with van der Waals surface area (Å²) in [6, 6.07) is 0. The van der Waals surface area contributed by atoms with Crippen LogP contribution in [0, 0.1) is 34.5 Å². The van der Waals surface area contributed by atoms with Gasteiger partial charge in [0.05, 0.1) is 12.7 Å². The number of hydrogen-bond donors (Lipinski definition) is 1. The summed E-state index contributed by atoms with van der Waals surface area (Å²) in [6.07, 6.45) is 13.5. The predicted molar refractivity (Wildman–Crippen MR) is 107 cm³/mol. The lowest BCUT2D eigenvalue weighted by Gasteiger charge is -2.59. The van der Waals surface area contributed by atoms with Crippen molar-refractivity contribution < 1.29 is 14.6 Å². The Kier molecular flexibility index (Phi) is 4.77. The molecule has 0 saturated heterocycles. The normalized spacial score (nSPS) is 48.9. The summed E-state index contributed by atoms with van der Waals surface area (Å²) in [7, 11) is 1.50. The molecular weight excluding hydrogens is 336 g/mol. The van der Waals surface area contributed by atoms with Gasteiger partial charge in [-0.1, -0.05) is 25.5 Å². The SMILES string of the molecule is COC(=O)CCC1CCC2C3CC=C4CC(C)(O)CCC4(C)C3CCC12C. The Labute approximate surface area is 164 Å². The van der Waals surface area contributed by atoms with Crippen LogP contribution in [-0.4, -0.2) is 23.8 Å². The van der Waals surface area contributed by atoms with E-state index in [1.54, 1.807) is 5.57 Å². The Bertz CT molecular complexity index is 636. The van der Waals surface area contributed by atoms with E-state index in [1.165, 1.54) is 39.2 Å². The molecular formula is C24H38O3. The number of carbonyl (C=O) groups excluding carboxylic acids is 1. The molecule has 1 N–H and O–H groups in total. The zero-order valence-corrected chi connectivity index (χ0v) is 17.7. The third-order valence-electron chi connectivity index (χ3n) is 9.50. The number of hydrogen-bond acceptors (Lipinski definition) is 3. The van der Waals surface area contributed by atoms with Crippen molar-refractivity contribution in [3.8, 4) is 0 Å². The van der Waals surface area contributed by atoms with Crippen molar-refractivity contribution in [2.24, 2.45) is 34.5 Å². The van der Waals surface area contributed by atoms with Gasteiger partial charge >= 0.3 is 5.97 Å². The van der Waals surface area contributed by atoms with E-state index in [4.69, 9.17) is 4.74 Å². The molecule has 3 nitrogen and oxygen atoms in total. The minimum absolute atomic E-state index is 0.0530. The second-order valence-electron chi connectivity index (χ2n) is 10.9. The summed E-state index contributed by atoms with van der Waals surface area (Å²) in [5.74, 6) is 3.00.